The lowest BCUT2D eigenvalue weighted by Crippen LogP contribution is -2.39. The van der Waals surface area contributed by atoms with Crippen molar-refractivity contribution in [3.63, 3.8) is 0 Å². The van der Waals surface area contributed by atoms with Crippen LogP contribution in [-0.4, -0.2) is 36.0 Å². The van der Waals surface area contributed by atoms with Gasteiger partial charge in [-0.3, -0.25) is 9.59 Å². The first-order valence-electron chi connectivity index (χ1n) is 7.33. The molecule has 1 saturated carbocycles. The number of ether oxygens (including phenoxy) is 1. The Morgan fingerprint density at radius 2 is 2.05 bits per heavy atom. The number of rotatable bonds is 6. The van der Waals surface area contributed by atoms with Gasteiger partial charge in [-0.2, -0.15) is 0 Å². The lowest BCUT2D eigenvalue weighted by molar-refractivity contribution is -0.144. The summed E-state index contributed by atoms with van der Waals surface area (Å²) in [5.74, 6) is 0.147. The summed E-state index contributed by atoms with van der Waals surface area (Å²) in [4.78, 5) is 25.8. The first-order valence-corrected chi connectivity index (χ1v) is 7.33. The van der Waals surface area contributed by atoms with E-state index in [0.29, 0.717) is 25.6 Å². The van der Waals surface area contributed by atoms with Crippen molar-refractivity contribution < 1.29 is 14.3 Å². The average Bonchev–Trinajstić information content (AvgIpc) is 3.25. The van der Waals surface area contributed by atoms with Crippen LogP contribution in [0.25, 0.3) is 0 Å². The molecule has 1 fully saturated rings. The molecule has 106 valence electrons. The standard InChI is InChI=1S/C15H23NO3/c1-2-19-14(17)10-11-16(13-8-9-13)15(18)12-6-4-3-5-7-12/h3-4,12-13H,2,5-11H2,1H3. The molecule has 19 heavy (non-hydrogen) atoms. The number of hydrogen-bond acceptors (Lipinski definition) is 3. The van der Waals surface area contributed by atoms with Gasteiger partial charge in [0.2, 0.25) is 5.91 Å². The Labute approximate surface area is 114 Å². The van der Waals surface area contributed by atoms with E-state index in [4.69, 9.17) is 4.74 Å². The molecule has 2 aliphatic carbocycles. The van der Waals surface area contributed by atoms with Crippen LogP contribution < -0.4 is 0 Å². The summed E-state index contributed by atoms with van der Waals surface area (Å²) < 4.78 is 4.93. The van der Waals surface area contributed by atoms with Gasteiger partial charge < -0.3 is 9.64 Å². The third-order valence-electron chi connectivity index (χ3n) is 3.75. The van der Waals surface area contributed by atoms with E-state index in [0.717, 1.165) is 32.1 Å². The maximum atomic E-state index is 12.5. The highest BCUT2D eigenvalue weighted by molar-refractivity contribution is 5.80. The molecule has 4 nitrogen and oxygen atoms in total. The minimum absolute atomic E-state index is 0.118. The van der Waals surface area contributed by atoms with Crippen LogP contribution >= 0.6 is 0 Å². The van der Waals surface area contributed by atoms with Gasteiger partial charge in [-0.25, -0.2) is 0 Å². The first kappa shape index (κ1) is 14.1. The third-order valence-corrected chi connectivity index (χ3v) is 3.75. The molecule has 1 amide bonds. The van der Waals surface area contributed by atoms with Crippen molar-refractivity contribution in [2.45, 2.75) is 51.5 Å². The predicted octanol–water partition coefficient (Wildman–Crippen LogP) is 2.29. The summed E-state index contributed by atoms with van der Waals surface area (Å²) in [7, 11) is 0. The maximum absolute atomic E-state index is 12.5. The van der Waals surface area contributed by atoms with Gasteiger partial charge in [-0.15, -0.1) is 0 Å². The van der Waals surface area contributed by atoms with E-state index in [1.807, 2.05) is 4.90 Å². The van der Waals surface area contributed by atoms with Gasteiger partial charge in [0.1, 0.15) is 0 Å². The second kappa shape index (κ2) is 6.73. The number of hydrogen-bond donors (Lipinski definition) is 0. The molecule has 0 heterocycles. The zero-order valence-electron chi connectivity index (χ0n) is 11.6. The van der Waals surface area contributed by atoms with Crippen molar-refractivity contribution in [3.8, 4) is 0 Å². The van der Waals surface area contributed by atoms with Gasteiger partial charge in [-0.1, -0.05) is 12.2 Å². The number of nitrogens with zero attached hydrogens (tertiary/aromatic N) is 1. The van der Waals surface area contributed by atoms with Crippen molar-refractivity contribution in [1.29, 1.82) is 0 Å². The highest BCUT2D eigenvalue weighted by Crippen LogP contribution is 2.30. The minimum atomic E-state index is -0.204. The average molecular weight is 265 g/mol. The fourth-order valence-corrected chi connectivity index (χ4v) is 2.56. The molecule has 0 aromatic rings. The van der Waals surface area contributed by atoms with E-state index in [1.165, 1.54) is 0 Å². The highest BCUT2D eigenvalue weighted by atomic mass is 16.5. The number of allylic oxidation sites excluding steroid dienone is 2. The van der Waals surface area contributed by atoms with Crippen molar-refractivity contribution >= 4 is 11.9 Å². The SMILES string of the molecule is CCOC(=O)CCN(C(=O)C1CC=CCC1)C1CC1. The largest absolute Gasteiger partial charge is 0.466 e. The van der Waals surface area contributed by atoms with Crippen LogP contribution in [0.3, 0.4) is 0 Å². The number of amides is 1. The maximum Gasteiger partial charge on any atom is 0.307 e. The van der Waals surface area contributed by atoms with Crippen molar-refractivity contribution in [1.82, 2.24) is 4.90 Å². The van der Waals surface area contributed by atoms with Gasteiger partial charge in [0.15, 0.2) is 0 Å². The van der Waals surface area contributed by atoms with E-state index in [1.54, 1.807) is 6.92 Å². The van der Waals surface area contributed by atoms with Crippen LogP contribution in [-0.2, 0) is 14.3 Å². The molecule has 2 rings (SSSR count). The van der Waals surface area contributed by atoms with Gasteiger partial charge in [-0.05, 0) is 39.0 Å². The van der Waals surface area contributed by atoms with Crippen molar-refractivity contribution in [2.24, 2.45) is 5.92 Å². The lowest BCUT2D eigenvalue weighted by atomic mass is 9.93. The Kier molecular flexibility index (Phi) is 5.00. The van der Waals surface area contributed by atoms with Crippen LogP contribution in [0.15, 0.2) is 12.2 Å². The predicted molar refractivity (Wildman–Crippen MR) is 72.5 cm³/mol. The van der Waals surface area contributed by atoms with E-state index in [-0.39, 0.29) is 17.8 Å². The zero-order valence-corrected chi connectivity index (χ0v) is 11.6. The molecule has 0 radical (unpaired) electrons. The molecular formula is C15H23NO3. The summed E-state index contributed by atoms with van der Waals surface area (Å²) in [6.45, 7) is 2.72. The quantitative estimate of drug-likeness (QED) is 0.547. The van der Waals surface area contributed by atoms with E-state index in [2.05, 4.69) is 12.2 Å². The molecule has 4 heteroatoms. The van der Waals surface area contributed by atoms with Crippen LogP contribution in [0.5, 0.6) is 0 Å². The number of carbonyl (C=O) groups is 2. The Balaban J connectivity index is 1.86. The van der Waals surface area contributed by atoms with Crippen molar-refractivity contribution in [2.75, 3.05) is 13.2 Å². The molecule has 0 N–H and O–H groups in total. The number of esters is 1. The molecule has 0 bridgehead atoms. The fraction of sp³-hybridized carbons (Fsp3) is 0.733. The topological polar surface area (TPSA) is 46.6 Å². The zero-order chi connectivity index (χ0) is 13.7. The second-order valence-electron chi connectivity index (χ2n) is 5.30. The Morgan fingerprint density at radius 3 is 2.63 bits per heavy atom. The minimum Gasteiger partial charge on any atom is -0.466 e. The summed E-state index contributed by atoms with van der Waals surface area (Å²) in [6.07, 6.45) is 9.51. The Bertz CT molecular complexity index is 360. The molecular weight excluding hydrogens is 242 g/mol. The summed E-state index contributed by atoms with van der Waals surface area (Å²) in [5.41, 5.74) is 0. The third kappa shape index (κ3) is 4.08. The molecule has 0 aliphatic heterocycles. The van der Waals surface area contributed by atoms with Crippen LogP contribution in [0, 0.1) is 5.92 Å². The summed E-state index contributed by atoms with van der Waals surface area (Å²) in [5, 5.41) is 0. The van der Waals surface area contributed by atoms with Crippen LogP contribution in [0.4, 0.5) is 0 Å². The molecule has 0 aromatic carbocycles. The monoisotopic (exact) mass is 265 g/mol. The van der Waals surface area contributed by atoms with Gasteiger partial charge in [0, 0.05) is 18.5 Å². The van der Waals surface area contributed by atoms with Crippen LogP contribution in [0.2, 0.25) is 0 Å². The number of carbonyl (C=O) groups excluding carboxylic acids is 2. The normalized spacial score (nSPS) is 22.1. The van der Waals surface area contributed by atoms with Crippen LogP contribution in [0.1, 0.15) is 45.4 Å². The molecule has 2 aliphatic rings. The fourth-order valence-electron chi connectivity index (χ4n) is 2.56. The van der Waals surface area contributed by atoms with E-state index < -0.39 is 0 Å². The lowest BCUT2D eigenvalue weighted by Gasteiger charge is -2.27. The Hall–Kier alpha value is -1.32. The molecule has 1 atom stereocenters. The smallest absolute Gasteiger partial charge is 0.307 e. The Morgan fingerprint density at radius 1 is 1.26 bits per heavy atom. The van der Waals surface area contributed by atoms with Gasteiger partial charge in [0.25, 0.3) is 0 Å². The summed E-state index contributed by atoms with van der Waals surface area (Å²) in [6, 6.07) is 0.368. The molecule has 0 aromatic heterocycles. The molecule has 0 spiro atoms. The second-order valence-corrected chi connectivity index (χ2v) is 5.30. The first-order chi connectivity index (χ1) is 9.22. The van der Waals surface area contributed by atoms with E-state index >= 15 is 0 Å². The summed E-state index contributed by atoms with van der Waals surface area (Å²) >= 11 is 0. The van der Waals surface area contributed by atoms with Gasteiger partial charge >= 0.3 is 5.97 Å². The van der Waals surface area contributed by atoms with Crippen molar-refractivity contribution in [3.05, 3.63) is 12.2 Å². The molecule has 1 unspecified atom stereocenters. The highest BCUT2D eigenvalue weighted by Gasteiger charge is 2.35. The van der Waals surface area contributed by atoms with Gasteiger partial charge in [0.05, 0.1) is 13.0 Å². The van der Waals surface area contributed by atoms with E-state index in [9.17, 15) is 9.59 Å². The molecule has 0 saturated heterocycles.